The van der Waals surface area contributed by atoms with E-state index in [1.165, 1.54) is 5.56 Å². The Bertz CT molecular complexity index is 591. The van der Waals surface area contributed by atoms with Crippen molar-refractivity contribution in [3.05, 3.63) is 71.8 Å². The summed E-state index contributed by atoms with van der Waals surface area (Å²) in [7, 11) is 0. The maximum absolute atomic E-state index is 5.53. The smallest absolute Gasteiger partial charge is 0.142 e. The molecule has 2 aromatic rings. The lowest BCUT2D eigenvalue weighted by Crippen LogP contribution is -2.42. The van der Waals surface area contributed by atoms with E-state index in [2.05, 4.69) is 48.5 Å². The molecule has 1 atom stereocenters. The van der Waals surface area contributed by atoms with Gasteiger partial charge in [-0.15, -0.1) is 0 Å². The van der Waals surface area contributed by atoms with Gasteiger partial charge in [0.05, 0.1) is 5.71 Å². The number of hydrogen-bond donors (Lipinski definition) is 0. The summed E-state index contributed by atoms with van der Waals surface area (Å²) in [5, 5.41) is 4.37. The van der Waals surface area contributed by atoms with Gasteiger partial charge in [-0.25, -0.2) is 0 Å². The van der Waals surface area contributed by atoms with Crippen LogP contribution in [0.1, 0.15) is 30.9 Å². The molecule has 102 valence electrons. The Labute approximate surface area is 120 Å². The average Bonchev–Trinajstić information content (AvgIpc) is 2.51. The highest BCUT2D eigenvalue weighted by molar-refractivity contribution is 5.99. The molecule has 1 aliphatic rings. The van der Waals surface area contributed by atoms with Gasteiger partial charge in [-0.2, -0.15) is 0 Å². The van der Waals surface area contributed by atoms with Crippen LogP contribution in [-0.2, 0) is 16.9 Å². The van der Waals surface area contributed by atoms with Crippen LogP contribution in [0.3, 0.4) is 0 Å². The molecular weight excluding hydrogens is 246 g/mol. The maximum atomic E-state index is 5.53. The van der Waals surface area contributed by atoms with Gasteiger partial charge in [-0.05, 0) is 24.0 Å². The Hall–Kier alpha value is -2.09. The minimum absolute atomic E-state index is 0.0535. The van der Waals surface area contributed by atoms with Gasteiger partial charge in [0.1, 0.15) is 6.61 Å². The van der Waals surface area contributed by atoms with E-state index in [1.807, 2.05) is 24.3 Å². The molecule has 1 unspecified atom stereocenters. The van der Waals surface area contributed by atoms with Crippen molar-refractivity contribution in [3.63, 3.8) is 0 Å². The van der Waals surface area contributed by atoms with Gasteiger partial charge >= 0.3 is 0 Å². The second kappa shape index (κ2) is 5.49. The van der Waals surface area contributed by atoms with Crippen LogP contribution in [-0.4, -0.2) is 5.71 Å². The molecule has 0 bridgehead atoms. The summed E-state index contributed by atoms with van der Waals surface area (Å²) >= 11 is 0. The van der Waals surface area contributed by atoms with Crippen LogP contribution < -0.4 is 0 Å². The summed E-state index contributed by atoms with van der Waals surface area (Å²) < 4.78 is 0. The number of rotatable bonds is 4. The summed E-state index contributed by atoms with van der Waals surface area (Å²) in [6, 6.07) is 20.7. The molecule has 0 aromatic heterocycles. The van der Waals surface area contributed by atoms with Gasteiger partial charge in [0.2, 0.25) is 0 Å². The van der Waals surface area contributed by atoms with Crippen LogP contribution in [0.25, 0.3) is 0 Å². The molecule has 0 amide bonds. The molecule has 2 heteroatoms. The molecule has 1 fully saturated rings. The third kappa shape index (κ3) is 2.46. The molecular formula is C18H19NO. The average molecular weight is 265 g/mol. The van der Waals surface area contributed by atoms with E-state index in [9.17, 15) is 0 Å². The zero-order valence-electron chi connectivity index (χ0n) is 11.8. The number of oxime groups is 1. The van der Waals surface area contributed by atoms with Crippen molar-refractivity contribution >= 4 is 5.71 Å². The first-order chi connectivity index (χ1) is 9.79. The Morgan fingerprint density at radius 3 is 2.25 bits per heavy atom. The fourth-order valence-electron chi connectivity index (χ4n) is 2.63. The minimum atomic E-state index is 0.0535. The molecule has 0 spiro atoms. The lowest BCUT2D eigenvalue weighted by molar-refractivity contribution is 0.125. The van der Waals surface area contributed by atoms with Crippen LogP contribution >= 0.6 is 0 Å². The van der Waals surface area contributed by atoms with E-state index in [4.69, 9.17) is 4.84 Å². The molecule has 0 aliphatic heterocycles. The van der Waals surface area contributed by atoms with Crippen LogP contribution in [0, 0.1) is 0 Å². The van der Waals surface area contributed by atoms with Crippen LogP contribution in [0.2, 0.25) is 0 Å². The number of benzene rings is 2. The summed E-state index contributed by atoms with van der Waals surface area (Å²) in [5.41, 5.74) is 3.68. The molecule has 0 saturated heterocycles. The zero-order valence-corrected chi connectivity index (χ0v) is 11.8. The predicted octanol–water partition coefficient (Wildman–Crippen LogP) is 4.31. The first-order valence-corrected chi connectivity index (χ1v) is 7.08. The Morgan fingerprint density at radius 2 is 1.65 bits per heavy atom. The monoisotopic (exact) mass is 265 g/mol. The van der Waals surface area contributed by atoms with Crippen LogP contribution in [0.5, 0.6) is 0 Å². The van der Waals surface area contributed by atoms with Gasteiger partial charge in [-0.3, -0.25) is 0 Å². The lowest BCUT2D eigenvalue weighted by atomic mass is 9.64. The second-order valence-electron chi connectivity index (χ2n) is 5.50. The van der Waals surface area contributed by atoms with Gasteiger partial charge in [0, 0.05) is 5.41 Å². The third-order valence-corrected chi connectivity index (χ3v) is 4.16. The Balaban J connectivity index is 1.67. The standard InChI is InChI=1S/C18H19NO/c1-18(16-10-6-3-7-11-16)13-12-17(18)19-20-14-15-8-4-2-5-9-15/h2-11H,12-14H2,1H3. The van der Waals surface area contributed by atoms with Crippen molar-refractivity contribution in [2.45, 2.75) is 31.8 Å². The van der Waals surface area contributed by atoms with Crippen molar-refractivity contribution in [2.24, 2.45) is 5.16 Å². The van der Waals surface area contributed by atoms with Gasteiger partial charge < -0.3 is 4.84 Å². The van der Waals surface area contributed by atoms with Gasteiger partial charge in [0.15, 0.2) is 0 Å². The normalized spacial score (nSPS) is 23.4. The van der Waals surface area contributed by atoms with E-state index in [-0.39, 0.29) is 5.41 Å². The summed E-state index contributed by atoms with van der Waals surface area (Å²) in [5.74, 6) is 0. The van der Waals surface area contributed by atoms with Crippen molar-refractivity contribution in [2.75, 3.05) is 0 Å². The third-order valence-electron chi connectivity index (χ3n) is 4.16. The van der Waals surface area contributed by atoms with Gasteiger partial charge in [-0.1, -0.05) is 72.7 Å². The fourth-order valence-corrected chi connectivity index (χ4v) is 2.63. The number of hydrogen-bond acceptors (Lipinski definition) is 2. The van der Waals surface area contributed by atoms with Gasteiger partial charge in [0.25, 0.3) is 0 Å². The van der Waals surface area contributed by atoms with Crippen LogP contribution in [0.15, 0.2) is 65.8 Å². The highest BCUT2D eigenvalue weighted by Crippen LogP contribution is 2.40. The van der Waals surface area contributed by atoms with Crippen molar-refractivity contribution in [1.82, 2.24) is 0 Å². The predicted molar refractivity (Wildman–Crippen MR) is 81.7 cm³/mol. The molecule has 0 N–H and O–H groups in total. The summed E-state index contributed by atoms with van der Waals surface area (Å²) in [6.07, 6.45) is 2.17. The molecule has 0 heterocycles. The molecule has 3 rings (SSSR count). The summed E-state index contributed by atoms with van der Waals surface area (Å²) in [4.78, 5) is 5.53. The highest BCUT2D eigenvalue weighted by atomic mass is 16.6. The van der Waals surface area contributed by atoms with E-state index in [0.717, 1.165) is 24.1 Å². The lowest BCUT2D eigenvalue weighted by Gasteiger charge is -2.40. The Kier molecular flexibility index (Phi) is 3.55. The Morgan fingerprint density at radius 1 is 1.00 bits per heavy atom. The largest absolute Gasteiger partial charge is 0.391 e. The van der Waals surface area contributed by atoms with E-state index in [1.54, 1.807) is 0 Å². The van der Waals surface area contributed by atoms with Crippen molar-refractivity contribution in [3.8, 4) is 0 Å². The zero-order chi connectivity index (χ0) is 13.8. The molecule has 2 aromatic carbocycles. The maximum Gasteiger partial charge on any atom is 0.142 e. The molecule has 0 radical (unpaired) electrons. The van der Waals surface area contributed by atoms with Crippen molar-refractivity contribution in [1.29, 1.82) is 0 Å². The number of nitrogens with zero attached hydrogens (tertiary/aromatic N) is 1. The van der Waals surface area contributed by atoms with E-state index < -0.39 is 0 Å². The second-order valence-corrected chi connectivity index (χ2v) is 5.50. The van der Waals surface area contributed by atoms with Crippen molar-refractivity contribution < 1.29 is 4.84 Å². The van der Waals surface area contributed by atoms with Crippen LogP contribution in [0.4, 0.5) is 0 Å². The fraction of sp³-hybridized carbons (Fsp3) is 0.278. The first kappa shape index (κ1) is 12.9. The SMILES string of the molecule is CC1(c2ccccc2)CCC1=NOCc1ccccc1. The topological polar surface area (TPSA) is 21.6 Å². The molecule has 1 saturated carbocycles. The highest BCUT2D eigenvalue weighted by Gasteiger charge is 2.41. The first-order valence-electron chi connectivity index (χ1n) is 7.08. The minimum Gasteiger partial charge on any atom is -0.391 e. The molecule has 2 nitrogen and oxygen atoms in total. The molecule has 20 heavy (non-hydrogen) atoms. The summed E-state index contributed by atoms with van der Waals surface area (Å²) in [6.45, 7) is 2.78. The van der Waals surface area contributed by atoms with E-state index in [0.29, 0.717) is 6.61 Å². The van der Waals surface area contributed by atoms with E-state index >= 15 is 0 Å². The molecule has 1 aliphatic carbocycles. The quantitative estimate of drug-likeness (QED) is 0.755.